The summed E-state index contributed by atoms with van der Waals surface area (Å²) in [6, 6.07) is 6.26. The van der Waals surface area contributed by atoms with Gasteiger partial charge in [-0.2, -0.15) is 0 Å². The Bertz CT molecular complexity index is 792. The molecular weight excluding hydrogens is 314 g/mol. The van der Waals surface area contributed by atoms with Crippen molar-refractivity contribution in [3.8, 4) is 11.5 Å². The monoisotopic (exact) mass is 337 g/mol. The highest BCUT2D eigenvalue weighted by Crippen LogP contribution is 2.32. The topological polar surface area (TPSA) is 62.2 Å². The third kappa shape index (κ3) is 2.97. The van der Waals surface area contributed by atoms with E-state index in [9.17, 15) is 4.79 Å². The van der Waals surface area contributed by atoms with Crippen LogP contribution in [0.1, 0.15) is 37.9 Å². The molecule has 1 saturated heterocycles. The van der Waals surface area contributed by atoms with Crippen LogP contribution in [0.15, 0.2) is 24.4 Å². The first-order chi connectivity index (χ1) is 12.1. The fraction of sp³-hybridized carbons (Fsp3) is 0.474. The normalized spacial score (nSPS) is 19.8. The summed E-state index contributed by atoms with van der Waals surface area (Å²) in [7, 11) is 0. The predicted molar refractivity (Wildman–Crippen MR) is 96.1 cm³/mol. The zero-order valence-electron chi connectivity index (χ0n) is 14.8. The van der Waals surface area contributed by atoms with Gasteiger partial charge >= 0.3 is 0 Å². The highest BCUT2D eigenvalue weighted by atomic mass is 16.2. The summed E-state index contributed by atoms with van der Waals surface area (Å²) in [5.41, 5.74) is 2.94. The molecule has 25 heavy (non-hydrogen) atoms. The van der Waals surface area contributed by atoms with E-state index in [0.29, 0.717) is 18.4 Å². The van der Waals surface area contributed by atoms with Gasteiger partial charge in [0.05, 0.1) is 12.2 Å². The van der Waals surface area contributed by atoms with Crippen molar-refractivity contribution < 1.29 is 4.79 Å². The predicted octanol–water partition coefficient (Wildman–Crippen LogP) is 2.43. The van der Waals surface area contributed by atoms with Gasteiger partial charge in [-0.3, -0.25) is 9.78 Å². The number of hydrogen-bond donors (Lipinski definition) is 0. The maximum absolute atomic E-state index is 11.8. The Labute approximate surface area is 147 Å². The van der Waals surface area contributed by atoms with Crippen LogP contribution < -0.4 is 4.90 Å². The number of rotatable bonds is 2. The molecule has 6 nitrogen and oxygen atoms in total. The number of fused-ring (bicyclic) bond motifs is 1. The molecule has 1 atom stereocenters. The van der Waals surface area contributed by atoms with Gasteiger partial charge in [-0.15, -0.1) is 0 Å². The molecule has 2 aromatic rings. The van der Waals surface area contributed by atoms with Crippen LogP contribution in [0.2, 0.25) is 0 Å². The Morgan fingerprint density at radius 3 is 2.80 bits per heavy atom. The maximum atomic E-state index is 11.8. The summed E-state index contributed by atoms with van der Waals surface area (Å²) in [4.78, 5) is 30.2. The molecule has 6 heteroatoms. The van der Waals surface area contributed by atoms with Gasteiger partial charge in [-0.25, -0.2) is 9.97 Å². The molecule has 1 amide bonds. The molecule has 2 aromatic heterocycles. The first kappa shape index (κ1) is 16.0. The summed E-state index contributed by atoms with van der Waals surface area (Å²) in [6.45, 7) is 6.21. The molecule has 0 aromatic carbocycles. The molecule has 4 heterocycles. The van der Waals surface area contributed by atoms with E-state index in [0.717, 1.165) is 36.7 Å². The van der Waals surface area contributed by atoms with Crippen LogP contribution >= 0.6 is 0 Å². The summed E-state index contributed by atoms with van der Waals surface area (Å²) >= 11 is 0. The molecule has 0 aliphatic carbocycles. The van der Waals surface area contributed by atoms with E-state index in [1.807, 2.05) is 23.1 Å². The molecule has 2 aliphatic heterocycles. The van der Waals surface area contributed by atoms with Crippen LogP contribution in [-0.2, 0) is 17.8 Å². The molecule has 1 fully saturated rings. The van der Waals surface area contributed by atoms with E-state index in [-0.39, 0.29) is 5.91 Å². The van der Waals surface area contributed by atoms with Gasteiger partial charge in [-0.1, -0.05) is 6.07 Å². The van der Waals surface area contributed by atoms with Crippen molar-refractivity contribution in [1.82, 2.24) is 19.9 Å². The lowest BCUT2D eigenvalue weighted by Crippen LogP contribution is -2.37. The first-order valence-electron chi connectivity index (χ1n) is 8.97. The molecule has 2 aliphatic rings. The number of pyridine rings is 1. The second-order valence-corrected chi connectivity index (χ2v) is 6.89. The van der Waals surface area contributed by atoms with Gasteiger partial charge in [-0.05, 0) is 38.3 Å². The highest BCUT2D eigenvalue weighted by molar-refractivity contribution is 5.74. The van der Waals surface area contributed by atoms with E-state index >= 15 is 0 Å². The first-order valence-corrected chi connectivity index (χ1v) is 8.97. The fourth-order valence-corrected chi connectivity index (χ4v) is 3.77. The molecular formula is C19H23N5O. The Morgan fingerprint density at radius 1 is 1.24 bits per heavy atom. The van der Waals surface area contributed by atoms with Crippen molar-refractivity contribution in [2.75, 3.05) is 18.0 Å². The molecule has 4 rings (SSSR count). The Morgan fingerprint density at radius 2 is 2.12 bits per heavy atom. The number of aromatic nitrogens is 3. The lowest BCUT2D eigenvalue weighted by molar-refractivity contribution is -0.129. The van der Waals surface area contributed by atoms with Crippen LogP contribution in [0.25, 0.3) is 11.5 Å². The molecule has 0 unspecified atom stereocenters. The van der Waals surface area contributed by atoms with Gasteiger partial charge in [0.15, 0.2) is 5.82 Å². The third-order valence-electron chi connectivity index (χ3n) is 5.21. The number of carbonyl (C=O) groups is 1. The number of carbonyl (C=O) groups excluding carboxylic acids is 1. The molecule has 0 saturated carbocycles. The van der Waals surface area contributed by atoms with Crippen LogP contribution in [0, 0.1) is 0 Å². The third-order valence-corrected chi connectivity index (χ3v) is 5.21. The minimum atomic E-state index is 0.0970. The maximum Gasteiger partial charge on any atom is 0.219 e. The molecule has 0 bridgehead atoms. The molecule has 0 radical (unpaired) electrons. The largest absolute Gasteiger partial charge is 0.354 e. The quantitative estimate of drug-likeness (QED) is 0.842. The fourth-order valence-electron chi connectivity index (χ4n) is 3.77. The van der Waals surface area contributed by atoms with Gasteiger partial charge < -0.3 is 9.80 Å². The number of anilines is 1. The van der Waals surface area contributed by atoms with E-state index in [1.54, 1.807) is 13.1 Å². The molecule has 0 N–H and O–H groups in total. The van der Waals surface area contributed by atoms with E-state index in [4.69, 9.17) is 9.97 Å². The van der Waals surface area contributed by atoms with E-state index in [2.05, 4.69) is 16.8 Å². The zero-order valence-corrected chi connectivity index (χ0v) is 14.8. The second-order valence-electron chi connectivity index (χ2n) is 6.89. The van der Waals surface area contributed by atoms with Gasteiger partial charge in [0.1, 0.15) is 11.5 Å². The highest BCUT2D eigenvalue weighted by Gasteiger charge is 2.30. The van der Waals surface area contributed by atoms with Crippen molar-refractivity contribution >= 4 is 11.7 Å². The Hall–Kier alpha value is -2.50. The van der Waals surface area contributed by atoms with Crippen molar-refractivity contribution in [2.45, 2.75) is 45.7 Å². The number of hydrogen-bond acceptors (Lipinski definition) is 5. The van der Waals surface area contributed by atoms with Crippen molar-refractivity contribution in [3.63, 3.8) is 0 Å². The molecule has 130 valence electrons. The van der Waals surface area contributed by atoms with Gasteiger partial charge in [0, 0.05) is 37.8 Å². The average Bonchev–Trinajstić information content (AvgIpc) is 3.06. The second kappa shape index (κ2) is 6.43. The Kier molecular flexibility index (Phi) is 4.11. The standard InChI is InChI=1S/C19H23N5O/c1-13-6-5-10-24(13)19-15-8-11-23(14(2)25)12-17(15)21-18(22-19)16-7-3-4-9-20-16/h3-4,7,9,13H,5-6,8,10-12H2,1-2H3/t13-/m0/s1. The van der Waals surface area contributed by atoms with Crippen LogP contribution in [0.4, 0.5) is 5.82 Å². The molecule has 0 spiro atoms. The van der Waals surface area contributed by atoms with Crippen LogP contribution in [-0.4, -0.2) is 44.9 Å². The number of amides is 1. The summed E-state index contributed by atoms with van der Waals surface area (Å²) in [6.07, 6.45) is 4.96. The SMILES string of the molecule is CC(=O)N1CCc2c(nc(-c3ccccn3)nc2N2CCC[C@@H]2C)C1. The summed E-state index contributed by atoms with van der Waals surface area (Å²) < 4.78 is 0. The Balaban J connectivity index is 1.82. The summed E-state index contributed by atoms with van der Waals surface area (Å²) in [5, 5.41) is 0. The lowest BCUT2D eigenvalue weighted by Gasteiger charge is -2.32. The van der Waals surface area contributed by atoms with Crippen molar-refractivity contribution in [1.29, 1.82) is 0 Å². The van der Waals surface area contributed by atoms with Crippen LogP contribution in [0.5, 0.6) is 0 Å². The van der Waals surface area contributed by atoms with Crippen molar-refractivity contribution in [2.24, 2.45) is 0 Å². The summed E-state index contributed by atoms with van der Waals surface area (Å²) in [5.74, 6) is 1.79. The van der Waals surface area contributed by atoms with Crippen LogP contribution in [0.3, 0.4) is 0 Å². The van der Waals surface area contributed by atoms with Crippen molar-refractivity contribution in [3.05, 3.63) is 35.7 Å². The van der Waals surface area contributed by atoms with Gasteiger partial charge in [0.25, 0.3) is 0 Å². The lowest BCUT2D eigenvalue weighted by atomic mass is 10.0. The smallest absolute Gasteiger partial charge is 0.219 e. The minimum Gasteiger partial charge on any atom is -0.354 e. The number of nitrogens with zero attached hydrogens (tertiary/aromatic N) is 5. The zero-order chi connectivity index (χ0) is 17.4. The van der Waals surface area contributed by atoms with E-state index in [1.165, 1.54) is 18.4 Å². The average molecular weight is 337 g/mol. The van der Waals surface area contributed by atoms with E-state index < -0.39 is 0 Å². The van der Waals surface area contributed by atoms with Gasteiger partial charge in [0.2, 0.25) is 5.91 Å². The minimum absolute atomic E-state index is 0.0970.